The SMILES string of the molecule is O=C(CCc1csc(-c2cccnc2)n1)Nc1ccc2c(c1)OCO2. The van der Waals surface area contributed by atoms with Crippen LogP contribution in [0.15, 0.2) is 48.1 Å². The summed E-state index contributed by atoms with van der Waals surface area (Å²) >= 11 is 1.56. The lowest BCUT2D eigenvalue weighted by molar-refractivity contribution is -0.116. The lowest BCUT2D eigenvalue weighted by atomic mass is 10.2. The molecule has 7 heteroatoms. The van der Waals surface area contributed by atoms with Gasteiger partial charge in [-0.3, -0.25) is 9.78 Å². The summed E-state index contributed by atoms with van der Waals surface area (Å²) in [4.78, 5) is 20.8. The van der Waals surface area contributed by atoms with Crippen molar-refractivity contribution in [3.8, 4) is 22.1 Å². The topological polar surface area (TPSA) is 73.3 Å². The Labute approximate surface area is 148 Å². The van der Waals surface area contributed by atoms with Crippen LogP contribution in [0.4, 0.5) is 5.69 Å². The van der Waals surface area contributed by atoms with Crippen LogP contribution in [0.1, 0.15) is 12.1 Å². The van der Waals surface area contributed by atoms with Crippen molar-refractivity contribution in [1.82, 2.24) is 9.97 Å². The third-order valence-electron chi connectivity index (χ3n) is 3.72. The Morgan fingerprint density at radius 3 is 3.04 bits per heavy atom. The summed E-state index contributed by atoms with van der Waals surface area (Å²) in [5.41, 5.74) is 2.59. The highest BCUT2D eigenvalue weighted by molar-refractivity contribution is 7.13. The predicted octanol–water partition coefficient (Wildman–Crippen LogP) is 3.51. The Morgan fingerprint density at radius 2 is 2.16 bits per heavy atom. The van der Waals surface area contributed by atoms with Gasteiger partial charge in [-0.05, 0) is 30.7 Å². The molecule has 1 aliphatic rings. The van der Waals surface area contributed by atoms with Gasteiger partial charge in [-0.25, -0.2) is 4.98 Å². The van der Waals surface area contributed by atoms with E-state index in [1.54, 1.807) is 41.9 Å². The molecule has 0 fully saturated rings. The summed E-state index contributed by atoms with van der Waals surface area (Å²) < 4.78 is 10.6. The number of pyridine rings is 1. The van der Waals surface area contributed by atoms with Crippen LogP contribution >= 0.6 is 11.3 Å². The Hall–Kier alpha value is -2.93. The Bertz CT molecular complexity index is 896. The molecule has 3 heterocycles. The zero-order valence-electron chi connectivity index (χ0n) is 13.3. The standard InChI is InChI=1S/C18H15N3O3S/c22-17(20-13-3-5-15-16(8-13)24-11-23-15)6-4-14-10-25-18(21-14)12-2-1-7-19-9-12/h1-3,5,7-10H,4,6,11H2,(H,20,22). The van der Waals surface area contributed by atoms with E-state index in [2.05, 4.69) is 15.3 Å². The molecule has 1 aromatic carbocycles. The molecule has 0 saturated carbocycles. The van der Waals surface area contributed by atoms with Gasteiger partial charge >= 0.3 is 0 Å². The monoisotopic (exact) mass is 353 g/mol. The minimum Gasteiger partial charge on any atom is -0.454 e. The summed E-state index contributed by atoms with van der Waals surface area (Å²) in [6.45, 7) is 0.218. The third kappa shape index (κ3) is 3.61. The molecule has 0 atom stereocenters. The number of hydrogen-bond donors (Lipinski definition) is 1. The minimum atomic E-state index is -0.0604. The average molecular weight is 353 g/mol. The van der Waals surface area contributed by atoms with Gasteiger partial charge in [-0.15, -0.1) is 11.3 Å². The highest BCUT2D eigenvalue weighted by Crippen LogP contribution is 2.34. The van der Waals surface area contributed by atoms with Crippen LogP contribution < -0.4 is 14.8 Å². The number of ether oxygens (including phenoxy) is 2. The van der Waals surface area contributed by atoms with Gasteiger partial charge in [-0.2, -0.15) is 0 Å². The molecule has 1 amide bonds. The van der Waals surface area contributed by atoms with Gasteiger partial charge in [0.25, 0.3) is 0 Å². The average Bonchev–Trinajstić information content (AvgIpc) is 3.30. The third-order valence-corrected chi connectivity index (χ3v) is 4.66. The van der Waals surface area contributed by atoms with E-state index in [0.29, 0.717) is 30.0 Å². The minimum absolute atomic E-state index is 0.0604. The maximum absolute atomic E-state index is 12.1. The number of rotatable bonds is 5. The van der Waals surface area contributed by atoms with E-state index in [0.717, 1.165) is 16.3 Å². The molecule has 1 aliphatic heterocycles. The number of thiazole rings is 1. The highest BCUT2D eigenvalue weighted by Gasteiger charge is 2.14. The van der Waals surface area contributed by atoms with Gasteiger partial charge in [0.1, 0.15) is 5.01 Å². The highest BCUT2D eigenvalue weighted by atomic mass is 32.1. The number of benzene rings is 1. The summed E-state index contributed by atoms with van der Waals surface area (Å²) in [7, 11) is 0. The second kappa shape index (κ2) is 6.90. The van der Waals surface area contributed by atoms with Gasteiger partial charge in [0.2, 0.25) is 12.7 Å². The molecule has 1 N–H and O–H groups in total. The van der Waals surface area contributed by atoms with Crippen molar-refractivity contribution in [3.05, 3.63) is 53.8 Å². The number of aromatic nitrogens is 2. The van der Waals surface area contributed by atoms with E-state index in [4.69, 9.17) is 9.47 Å². The van der Waals surface area contributed by atoms with Crippen molar-refractivity contribution in [3.63, 3.8) is 0 Å². The number of aryl methyl sites for hydroxylation is 1. The Morgan fingerprint density at radius 1 is 1.24 bits per heavy atom. The number of carbonyl (C=O) groups excluding carboxylic acids is 1. The zero-order chi connectivity index (χ0) is 17.1. The second-order valence-electron chi connectivity index (χ2n) is 5.50. The number of nitrogens with zero attached hydrogens (tertiary/aromatic N) is 2. The number of carbonyl (C=O) groups is 1. The molecule has 0 bridgehead atoms. The lowest BCUT2D eigenvalue weighted by Gasteiger charge is -2.05. The second-order valence-corrected chi connectivity index (χ2v) is 6.36. The molecule has 0 spiro atoms. The van der Waals surface area contributed by atoms with E-state index in [-0.39, 0.29) is 12.7 Å². The largest absolute Gasteiger partial charge is 0.454 e. The Kier molecular flexibility index (Phi) is 4.30. The fourth-order valence-electron chi connectivity index (χ4n) is 2.48. The van der Waals surface area contributed by atoms with Crippen molar-refractivity contribution < 1.29 is 14.3 Å². The summed E-state index contributed by atoms with van der Waals surface area (Å²) in [5, 5.41) is 5.77. The van der Waals surface area contributed by atoms with Gasteiger partial charge < -0.3 is 14.8 Å². The van der Waals surface area contributed by atoms with Crippen molar-refractivity contribution in [2.24, 2.45) is 0 Å². The van der Waals surface area contributed by atoms with Gasteiger partial charge in [-0.1, -0.05) is 0 Å². The zero-order valence-corrected chi connectivity index (χ0v) is 14.1. The number of fused-ring (bicyclic) bond motifs is 1. The van der Waals surface area contributed by atoms with E-state index in [1.165, 1.54) is 0 Å². The van der Waals surface area contributed by atoms with Crippen molar-refractivity contribution in [2.75, 3.05) is 12.1 Å². The fourth-order valence-corrected chi connectivity index (χ4v) is 3.33. The molecular weight excluding hydrogens is 338 g/mol. The van der Waals surface area contributed by atoms with E-state index in [9.17, 15) is 4.79 Å². The first kappa shape index (κ1) is 15.6. The number of nitrogens with one attached hydrogen (secondary N) is 1. The molecule has 3 aromatic rings. The van der Waals surface area contributed by atoms with Crippen LogP contribution in [0.5, 0.6) is 11.5 Å². The number of amides is 1. The van der Waals surface area contributed by atoms with Crippen molar-refractivity contribution in [2.45, 2.75) is 12.8 Å². The molecular formula is C18H15N3O3S. The molecule has 0 radical (unpaired) electrons. The molecule has 6 nitrogen and oxygen atoms in total. The van der Waals surface area contributed by atoms with Crippen LogP contribution in [0.2, 0.25) is 0 Å². The molecule has 126 valence electrons. The number of anilines is 1. The predicted molar refractivity (Wildman–Crippen MR) is 94.9 cm³/mol. The Balaban J connectivity index is 1.34. The molecule has 25 heavy (non-hydrogen) atoms. The maximum Gasteiger partial charge on any atom is 0.231 e. The van der Waals surface area contributed by atoms with Crippen LogP contribution in [-0.4, -0.2) is 22.7 Å². The van der Waals surface area contributed by atoms with Gasteiger partial charge in [0.05, 0.1) is 5.69 Å². The van der Waals surface area contributed by atoms with Crippen LogP contribution in [0, 0.1) is 0 Å². The quantitative estimate of drug-likeness (QED) is 0.760. The summed E-state index contributed by atoms with van der Waals surface area (Å²) in [5.74, 6) is 1.29. The molecule has 4 rings (SSSR count). The van der Waals surface area contributed by atoms with E-state index >= 15 is 0 Å². The van der Waals surface area contributed by atoms with Crippen LogP contribution in [-0.2, 0) is 11.2 Å². The summed E-state index contributed by atoms with van der Waals surface area (Å²) in [6, 6.07) is 9.22. The molecule has 0 unspecified atom stereocenters. The van der Waals surface area contributed by atoms with Crippen LogP contribution in [0.3, 0.4) is 0 Å². The van der Waals surface area contributed by atoms with Crippen molar-refractivity contribution in [1.29, 1.82) is 0 Å². The normalized spacial score (nSPS) is 12.2. The van der Waals surface area contributed by atoms with E-state index in [1.807, 2.05) is 17.5 Å². The first-order valence-corrected chi connectivity index (χ1v) is 8.70. The first-order chi connectivity index (χ1) is 12.3. The van der Waals surface area contributed by atoms with Crippen LogP contribution in [0.25, 0.3) is 10.6 Å². The number of hydrogen-bond acceptors (Lipinski definition) is 6. The maximum atomic E-state index is 12.1. The smallest absolute Gasteiger partial charge is 0.231 e. The van der Waals surface area contributed by atoms with Gasteiger partial charge in [0, 0.05) is 41.5 Å². The van der Waals surface area contributed by atoms with E-state index < -0.39 is 0 Å². The first-order valence-electron chi connectivity index (χ1n) is 7.82. The summed E-state index contributed by atoms with van der Waals surface area (Å²) in [6.07, 6.45) is 4.48. The van der Waals surface area contributed by atoms with Crippen molar-refractivity contribution >= 4 is 22.9 Å². The molecule has 2 aromatic heterocycles. The molecule has 0 aliphatic carbocycles. The fraction of sp³-hybridized carbons (Fsp3) is 0.167. The lowest BCUT2D eigenvalue weighted by Crippen LogP contribution is -2.12. The molecule has 0 saturated heterocycles. The van der Waals surface area contributed by atoms with Gasteiger partial charge in [0.15, 0.2) is 11.5 Å².